The van der Waals surface area contributed by atoms with Crippen molar-refractivity contribution in [2.75, 3.05) is 18.4 Å². The SMILES string of the molecule is Cc1ccc(NC(=O)C2CCCN(C(=O)c3ccccc3OC(F)F)C2)cc1Br. The Morgan fingerprint density at radius 3 is 2.72 bits per heavy atom. The maximum Gasteiger partial charge on any atom is 0.387 e. The molecule has 0 aliphatic carbocycles. The minimum Gasteiger partial charge on any atom is -0.434 e. The third kappa shape index (κ3) is 5.32. The van der Waals surface area contributed by atoms with Crippen LogP contribution in [0.3, 0.4) is 0 Å². The van der Waals surface area contributed by atoms with Crippen LogP contribution in [0, 0.1) is 12.8 Å². The van der Waals surface area contributed by atoms with Gasteiger partial charge in [-0.3, -0.25) is 9.59 Å². The minimum atomic E-state index is -3.02. The Morgan fingerprint density at radius 1 is 1.24 bits per heavy atom. The van der Waals surface area contributed by atoms with Crippen molar-refractivity contribution in [1.29, 1.82) is 0 Å². The molecule has 2 amide bonds. The molecule has 0 aromatic heterocycles. The molecule has 1 atom stereocenters. The first-order valence-electron chi connectivity index (χ1n) is 9.25. The zero-order valence-corrected chi connectivity index (χ0v) is 17.4. The van der Waals surface area contributed by atoms with Gasteiger partial charge in [-0.25, -0.2) is 0 Å². The van der Waals surface area contributed by atoms with Crippen molar-refractivity contribution < 1.29 is 23.1 Å². The van der Waals surface area contributed by atoms with E-state index in [0.717, 1.165) is 10.0 Å². The average Bonchev–Trinajstić information content (AvgIpc) is 2.70. The van der Waals surface area contributed by atoms with Gasteiger partial charge in [-0.15, -0.1) is 0 Å². The second-order valence-electron chi connectivity index (χ2n) is 6.92. The number of piperidine rings is 1. The molecule has 154 valence electrons. The van der Waals surface area contributed by atoms with Crippen LogP contribution in [0.15, 0.2) is 46.9 Å². The number of aryl methyl sites for hydroxylation is 1. The normalized spacial score (nSPS) is 16.6. The van der Waals surface area contributed by atoms with Crippen molar-refractivity contribution >= 4 is 33.4 Å². The number of likely N-dealkylation sites (tertiary alicyclic amines) is 1. The van der Waals surface area contributed by atoms with Gasteiger partial charge in [0.25, 0.3) is 5.91 Å². The van der Waals surface area contributed by atoms with E-state index in [1.807, 2.05) is 25.1 Å². The number of halogens is 3. The van der Waals surface area contributed by atoms with E-state index in [1.54, 1.807) is 6.07 Å². The van der Waals surface area contributed by atoms with E-state index in [4.69, 9.17) is 0 Å². The summed E-state index contributed by atoms with van der Waals surface area (Å²) >= 11 is 3.44. The number of carbonyl (C=O) groups is 2. The van der Waals surface area contributed by atoms with Crippen molar-refractivity contribution in [3.05, 3.63) is 58.1 Å². The third-order valence-corrected chi connectivity index (χ3v) is 5.71. The molecule has 8 heteroatoms. The standard InChI is InChI=1S/C21H21BrF2N2O3/c1-13-8-9-15(11-17(13)22)25-19(27)14-5-4-10-26(12-14)20(28)16-6-2-3-7-18(16)29-21(23)24/h2-3,6-9,11,14,21H,4-5,10,12H2,1H3,(H,25,27). The largest absolute Gasteiger partial charge is 0.434 e. The van der Waals surface area contributed by atoms with Crippen LogP contribution in [0.25, 0.3) is 0 Å². The predicted molar refractivity (Wildman–Crippen MR) is 109 cm³/mol. The molecule has 2 aromatic carbocycles. The summed E-state index contributed by atoms with van der Waals surface area (Å²) in [5.41, 5.74) is 1.80. The molecule has 1 N–H and O–H groups in total. The number of carbonyl (C=O) groups excluding carboxylic acids is 2. The van der Waals surface area contributed by atoms with Gasteiger partial charge in [0.1, 0.15) is 5.75 Å². The van der Waals surface area contributed by atoms with Crippen molar-refractivity contribution in [2.24, 2.45) is 5.92 Å². The monoisotopic (exact) mass is 466 g/mol. The second-order valence-corrected chi connectivity index (χ2v) is 7.77. The van der Waals surface area contributed by atoms with Gasteiger partial charge in [0.05, 0.1) is 11.5 Å². The van der Waals surface area contributed by atoms with E-state index in [0.29, 0.717) is 25.1 Å². The van der Waals surface area contributed by atoms with E-state index in [1.165, 1.54) is 23.1 Å². The van der Waals surface area contributed by atoms with Gasteiger partial charge < -0.3 is 15.0 Å². The number of anilines is 1. The number of alkyl halides is 2. The van der Waals surface area contributed by atoms with Crippen molar-refractivity contribution in [3.8, 4) is 5.75 Å². The Kier molecular flexibility index (Phi) is 6.84. The predicted octanol–water partition coefficient (Wildman–Crippen LogP) is 4.85. The molecule has 1 heterocycles. The van der Waals surface area contributed by atoms with Crippen LogP contribution in [-0.2, 0) is 4.79 Å². The summed E-state index contributed by atoms with van der Waals surface area (Å²) in [4.78, 5) is 27.1. The van der Waals surface area contributed by atoms with Crippen LogP contribution >= 0.6 is 15.9 Å². The molecule has 0 spiro atoms. The van der Waals surface area contributed by atoms with E-state index < -0.39 is 12.5 Å². The van der Waals surface area contributed by atoms with Crippen molar-refractivity contribution in [2.45, 2.75) is 26.4 Å². The maximum atomic E-state index is 12.9. The highest BCUT2D eigenvalue weighted by Gasteiger charge is 2.30. The molecule has 1 fully saturated rings. The number of hydrogen-bond acceptors (Lipinski definition) is 3. The summed E-state index contributed by atoms with van der Waals surface area (Å²) in [6, 6.07) is 11.5. The fraction of sp³-hybridized carbons (Fsp3) is 0.333. The average molecular weight is 467 g/mol. The lowest BCUT2D eigenvalue weighted by atomic mass is 9.96. The zero-order valence-electron chi connectivity index (χ0n) is 15.8. The van der Waals surface area contributed by atoms with Crippen LogP contribution < -0.4 is 10.1 Å². The summed E-state index contributed by atoms with van der Waals surface area (Å²) in [5, 5.41) is 2.89. The third-order valence-electron chi connectivity index (χ3n) is 4.85. The first-order valence-corrected chi connectivity index (χ1v) is 10.0. The number of nitrogens with one attached hydrogen (secondary N) is 1. The van der Waals surface area contributed by atoms with Crippen LogP contribution in [-0.4, -0.2) is 36.4 Å². The zero-order chi connectivity index (χ0) is 21.0. The quantitative estimate of drug-likeness (QED) is 0.684. The molecule has 0 saturated carbocycles. The molecule has 0 bridgehead atoms. The number of ether oxygens (including phenoxy) is 1. The molecule has 2 aromatic rings. The van der Waals surface area contributed by atoms with Gasteiger partial charge in [-0.1, -0.05) is 34.1 Å². The summed E-state index contributed by atoms with van der Waals surface area (Å²) in [5.74, 6) is -1.13. The molecule has 5 nitrogen and oxygen atoms in total. The summed E-state index contributed by atoms with van der Waals surface area (Å²) in [7, 11) is 0. The van der Waals surface area contributed by atoms with Gasteiger partial charge in [0.15, 0.2) is 0 Å². The highest BCUT2D eigenvalue weighted by Crippen LogP contribution is 2.26. The van der Waals surface area contributed by atoms with E-state index >= 15 is 0 Å². The van der Waals surface area contributed by atoms with Gasteiger partial charge in [-0.2, -0.15) is 8.78 Å². The lowest BCUT2D eigenvalue weighted by Crippen LogP contribution is -2.43. The second kappa shape index (κ2) is 9.35. The van der Waals surface area contributed by atoms with Gasteiger partial charge in [0.2, 0.25) is 5.91 Å². The Hall–Kier alpha value is -2.48. The van der Waals surface area contributed by atoms with E-state index in [9.17, 15) is 18.4 Å². The molecule has 0 radical (unpaired) electrons. The lowest BCUT2D eigenvalue weighted by Gasteiger charge is -2.32. The summed E-state index contributed by atoms with van der Waals surface area (Å²) in [6.45, 7) is -0.379. The first kappa shape index (κ1) is 21.2. The van der Waals surface area contributed by atoms with E-state index in [2.05, 4.69) is 26.0 Å². The van der Waals surface area contributed by atoms with Crippen LogP contribution in [0.4, 0.5) is 14.5 Å². The molecule has 1 saturated heterocycles. The maximum absolute atomic E-state index is 12.9. The van der Waals surface area contributed by atoms with Gasteiger partial charge in [-0.05, 0) is 49.6 Å². The molecule has 1 aliphatic heterocycles. The van der Waals surface area contributed by atoms with Crippen molar-refractivity contribution in [1.82, 2.24) is 4.90 Å². The Bertz CT molecular complexity index is 907. The fourth-order valence-corrected chi connectivity index (χ4v) is 3.68. The fourth-order valence-electron chi connectivity index (χ4n) is 3.30. The Balaban J connectivity index is 1.69. The summed E-state index contributed by atoms with van der Waals surface area (Å²) in [6.07, 6.45) is 1.30. The number of benzene rings is 2. The molecule has 1 aliphatic rings. The Labute approximate surface area is 176 Å². The molecule has 29 heavy (non-hydrogen) atoms. The number of rotatable bonds is 5. The Morgan fingerprint density at radius 2 is 2.00 bits per heavy atom. The number of nitrogens with zero attached hydrogens (tertiary/aromatic N) is 1. The number of hydrogen-bond donors (Lipinski definition) is 1. The van der Waals surface area contributed by atoms with Crippen LogP contribution in [0.1, 0.15) is 28.8 Å². The van der Waals surface area contributed by atoms with E-state index in [-0.39, 0.29) is 29.7 Å². The summed E-state index contributed by atoms with van der Waals surface area (Å²) < 4.78 is 30.6. The number of para-hydroxylation sites is 1. The van der Waals surface area contributed by atoms with Crippen molar-refractivity contribution in [3.63, 3.8) is 0 Å². The highest BCUT2D eigenvalue weighted by molar-refractivity contribution is 9.10. The number of amides is 2. The van der Waals surface area contributed by atoms with Crippen LogP contribution in [0.5, 0.6) is 5.75 Å². The highest BCUT2D eigenvalue weighted by atomic mass is 79.9. The molecular weight excluding hydrogens is 446 g/mol. The molecular formula is C21H21BrF2N2O3. The first-order chi connectivity index (χ1) is 13.8. The minimum absolute atomic E-state index is 0.0660. The van der Waals surface area contributed by atoms with Gasteiger partial charge >= 0.3 is 6.61 Å². The van der Waals surface area contributed by atoms with Crippen LogP contribution in [0.2, 0.25) is 0 Å². The van der Waals surface area contributed by atoms with Gasteiger partial charge in [0, 0.05) is 23.2 Å². The molecule has 1 unspecified atom stereocenters. The molecule has 3 rings (SSSR count). The smallest absolute Gasteiger partial charge is 0.387 e. The lowest BCUT2D eigenvalue weighted by molar-refractivity contribution is -0.121. The topological polar surface area (TPSA) is 58.6 Å².